The van der Waals surface area contributed by atoms with E-state index in [4.69, 9.17) is 32.7 Å². The molecule has 0 unspecified atom stereocenters. The molecule has 0 aliphatic rings. The van der Waals surface area contributed by atoms with Gasteiger partial charge in [-0.15, -0.1) is 0 Å². The van der Waals surface area contributed by atoms with Crippen molar-refractivity contribution in [3.8, 4) is 11.5 Å². The number of methoxy groups -OCH3 is 1. The fourth-order valence-electron chi connectivity index (χ4n) is 2.55. The lowest BCUT2D eigenvalue weighted by Crippen LogP contribution is -2.21. The average Bonchev–Trinajstić information content (AvgIpc) is 2.62. The molecule has 1 N–H and O–H groups in total. The van der Waals surface area contributed by atoms with E-state index in [1.54, 1.807) is 19.2 Å². The molecule has 0 aromatic heterocycles. The van der Waals surface area contributed by atoms with E-state index in [-0.39, 0.29) is 0 Å². The van der Waals surface area contributed by atoms with Crippen molar-refractivity contribution in [1.82, 2.24) is 10.2 Å². The molecule has 4 nitrogen and oxygen atoms in total. The van der Waals surface area contributed by atoms with Crippen molar-refractivity contribution in [2.45, 2.75) is 19.6 Å². The Bertz CT molecular complexity index is 757. The molecular weight excluding hydrogens is 451 g/mol. The minimum Gasteiger partial charge on any atom is -0.493 e. The van der Waals surface area contributed by atoms with Crippen LogP contribution in [0.3, 0.4) is 0 Å². The second-order valence-corrected chi connectivity index (χ2v) is 8.15. The van der Waals surface area contributed by atoms with Crippen LogP contribution >= 0.6 is 39.1 Å². The average molecular weight is 476 g/mol. The Morgan fingerprint density at radius 1 is 1.07 bits per heavy atom. The molecule has 0 spiro atoms. The van der Waals surface area contributed by atoms with Gasteiger partial charge >= 0.3 is 0 Å². The highest BCUT2D eigenvalue weighted by Crippen LogP contribution is 2.37. The number of nitrogens with one attached hydrogen (secondary N) is 1. The van der Waals surface area contributed by atoms with Crippen LogP contribution in [0.5, 0.6) is 11.5 Å². The standard InChI is InChI=1S/C20H25BrCl2N2O2/c1-25(2)8-4-7-24-12-15-9-16(21)20(19(11-15)26-3)27-13-14-5-6-17(22)18(23)10-14/h5-6,9-11,24H,4,7-8,12-13H2,1-3H3. The van der Waals surface area contributed by atoms with Gasteiger partial charge in [0.25, 0.3) is 0 Å². The van der Waals surface area contributed by atoms with Crippen LogP contribution in [0.4, 0.5) is 0 Å². The van der Waals surface area contributed by atoms with Gasteiger partial charge in [-0.1, -0.05) is 29.3 Å². The minimum atomic E-state index is 0.369. The fourth-order valence-corrected chi connectivity index (χ4v) is 3.48. The van der Waals surface area contributed by atoms with E-state index in [1.807, 2.05) is 18.2 Å². The molecule has 2 aromatic rings. The molecule has 2 aromatic carbocycles. The van der Waals surface area contributed by atoms with Gasteiger partial charge in [0.05, 0.1) is 21.6 Å². The van der Waals surface area contributed by atoms with E-state index in [1.165, 1.54) is 0 Å². The van der Waals surface area contributed by atoms with Gasteiger partial charge in [-0.3, -0.25) is 0 Å². The normalized spacial score (nSPS) is 11.1. The van der Waals surface area contributed by atoms with Crippen LogP contribution in [0.15, 0.2) is 34.8 Å². The SMILES string of the molecule is COc1cc(CNCCCN(C)C)cc(Br)c1OCc1ccc(Cl)c(Cl)c1. The largest absolute Gasteiger partial charge is 0.493 e. The lowest BCUT2D eigenvalue weighted by molar-refractivity contribution is 0.282. The van der Waals surface area contributed by atoms with E-state index in [9.17, 15) is 0 Å². The predicted molar refractivity (Wildman–Crippen MR) is 116 cm³/mol. The lowest BCUT2D eigenvalue weighted by Gasteiger charge is -2.15. The summed E-state index contributed by atoms with van der Waals surface area (Å²) in [5.41, 5.74) is 2.07. The third kappa shape index (κ3) is 7.16. The van der Waals surface area contributed by atoms with Gasteiger partial charge in [-0.2, -0.15) is 0 Å². The van der Waals surface area contributed by atoms with Gasteiger partial charge in [0.1, 0.15) is 6.61 Å². The van der Waals surface area contributed by atoms with Crippen LogP contribution in [0.2, 0.25) is 10.0 Å². The van der Waals surface area contributed by atoms with Crippen LogP contribution in [0.1, 0.15) is 17.5 Å². The maximum Gasteiger partial charge on any atom is 0.175 e. The second-order valence-electron chi connectivity index (χ2n) is 6.48. The van der Waals surface area contributed by atoms with Crippen molar-refractivity contribution >= 4 is 39.1 Å². The zero-order valence-corrected chi connectivity index (χ0v) is 18.9. The summed E-state index contributed by atoms with van der Waals surface area (Å²) in [4.78, 5) is 2.18. The van der Waals surface area contributed by atoms with Crippen LogP contribution in [0.25, 0.3) is 0 Å². The Hall–Kier alpha value is -0.980. The molecule has 148 valence electrons. The summed E-state index contributed by atoms with van der Waals surface area (Å²) in [6, 6.07) is 9.50. The molecule has 0 bridgehead atoms. The zero-order chi connectivity index (χ0) is 19.8. The van der Waals surface area contributed by atoms with Gasteiger partial charge in [-0.05, 0) is 84.9 Å². The Morgan fingerprint density at radius 2 is 1.85 bits per heavy atom. The molecule has 0 atom stereocenters. The van der Waals surface area contributed by atoms with Crippen molar-refractivity contribution in [2.75, 3.05) is 34.3 Å². The molecular formula is C20H25BrCl2N2O2. The molecule has 0 saturated carbocycles. The first-order valence-electron chi connectivity index (χ1n) is 8.69. The zero-order valence-electron chi connectivity index (χ0n) is 15.8. The molecule has 0 aliphatic heterocycles. The Labute approximate surface area is 179 Å². The number of hydrogen-bond donors (Lipinski definition) is 1. The van der Waals surface area contributed by atoms with Crippen molar-refractivity contribution in [1.29, 1.82) is 0 Å². The number of rotatable bonds is 10. The second kappa shape index (κ2) is 11.1. The quantitative estimate of drug-likeness (QED) is 0.467. The highest BCUT2D eigenvalue weighted by atomic mass is 79.9. The summed E-state index contributed by atoms with van der Waals surface area (Å²) in [7, 11) is 5.81. The molecule has 2 rings (SSSR count). The van der Waals surface area contributed by atoms with Crippen LogP contribution in [-0.4, -0.2) is 39.2 Å². The van der Waals surface area contributed by atoms with Gasteiger partial charge in [-0.25, -0.2) is 0 Å². The first kappa shape index (κ1) is 22.3. The van der Waals surface area contributed by atoms with Gasteiger partial charge in [0.15, 0.2) is 11.5 Å². The van der Waals surface area contributed by atoms with E-state index >= 15 is 0 Å². The third-order valence-electron chi connectivity index (χ3n) is 3.94. The van der Waals surface area contributed by atoms with Crippen LogP contribution in [-0.2, 0) is 13.2 Å². The topological polar surface area (TPSA) is 33.7 Å². The Morgan fingerprint density at radius 3 is 2.52 bits per heavy atom. The number of nitrogens with zero attached hydrogens (tertiary/aromatic N) is 1. The van der Waals surface area contributed by atoms with Gasteiger partial charge < -0.3 is 19.7 Å². The maximum absolute atomic E-state index is 6.06. The van der Waals surface area contributed by atoms with Gasteiger partial charge in [0, 0.05) is 6.54 Å². The smallest absolute Gasteiger partial charge is 0.175 e. The fraction of sp³-hybridized carbons (Fsp3) is 0.400. The summed E-state index contributed by atoms with van der Waals surface area (Å²) in [5.74, 6) is 1.36. The molecule has 0 aliphatic carbocycles. The summed E-state index contributed by atoms with van der Waals surface area (Å²) in [6.45, 7) is 3.18. The summed E-state index contributed by atoms with van der Waals surface area (Å²) in [6.07, 6.45) is 1.11. The molecule has 0 saturated heterocycles. The Balaban J connectivity index is 1.99. The lowest BCUT2D eigenvalue weighted by atomic mass is 10.2. The summed E-state index contributed by atoms with van der Waals surface area (Å²) in [5, 5.41) is 4.50. The first-order valence-corrected chi connectivity index (χ1v) is 10.2. The summed E-state index contributed by atoms with van der Waals surface area (Å²) >= 11 is 15.6. The molecule has 27 heavy (non-hydrogen) atoms. The van der Waals surface area contributed by atoms with E-state index in [0.717, 1.165) is 41.7 Å². The molecule has 7 heteroatoms. The van der Waals surface area contributed by atoms with Crippen molar-refractivity contribution in [3.63, 3.8) is 0 Å². The number of halogens is 3. The van der Waals surface area contributed by atoms with E-state index < -0.39 is 0 Å². The predicted octanol–water partition coefficient (Wildman–Crippen LogP) is 5.38. The number of benzene rings is 2. The van der Waals surface area contributed by atoms with E-state index in [2.05, 4.69) is 40.2 Å². The monoisotopic (exact) mass is 474 g/mol. The van der Waals surface area contributed by atoms with Crippen molar-refractivity contribution < 1.29 is 9.47 Å². The maximum atomic E-state index is 6.06. The molecule has 0 fully saturated rings. The molecule has 0 amide bonds. The number of ether oxygens (including phenoxy) is 2. The van der Waals surface area contributed by atoms with Crippen LogP contribution < -0.4 is 14.8 Å². The van der Waals surface area contributed by atoms with Crippen molar-refractivity contribution in [2.24, 2.45) is 0 Å². The van der Waals surface area contributed by atoms with Crippen LogP contribution in [0, 0.1) is 0 Å². The van der Waals surface area contributed by atoms with Crippen molar-refractivity contribution in [3.05, 3.63) is 56.0 Å². The van der Waals surface area contributed by atoms with Gasteiger partial charge in [0.2, 0.25) is 0 Å². The molecule has 0 heterocycles. The molecule has 0 radical (unpaired) electrons. The van der Waals surface area contributed by atoms with E-state index in [0.29, 0.717) is 28.2 Å². The highest BCUT2D eigenvalue weighted by molar-refractivity contribution is 9.10. The highest BCUT2D eigenvalue weighted by Gasteiger charge is 2.12. The minimum absolute atomic E-state index is 0.369. The number of hydrogen-bond acceptors (Lipinski definition) is 4. The Kier molecular flexibility index (Phi) is 9.19. The summed E-state index contributed by atoms with van der Waals surface area (Å²) < 4.78 is 12.3. The third-order valence-corrected chi connectivity index (χ3v) is 5.27. The first-order chi connectivity index (χ1) is 12.9.